The van der Waals surface area contributed by atoms with E-state index < -0.39 is 0 Å². The lowest BCUT2D eigenvalue weighted by molar-refractivity contribution is 0.0951. The minimum atomic E-state index is -0.0801. The first kappa shape index (κ1) is 14.3. The van der Waals surface area contributed by atoms with E-state index in [2.05, 4.69) is 43.2 Å². The first-order valence-electron chi connectivity index (χ1n) is 5.84. The Balaban J connectivity index is 2.05. The maximum atomic E-state index is 12.1. The minimum Gasteiger partial charge on any atom is -0.348 e. The summed E-state index contributed by atoms with van der Waals surface area (Å²) in [7, 11) is 0. The van der Waals surface area contributed by atoms with Crippen molar-refractivity contribution >= 4 is 37.8 Å². The molecular weight excluding hydrogens is 370 g/mol. The van der Waals surface area contributed by atoms with Gasteiger partial charge in [-0.1, -0.05) is 61.7 Å². The van der Waals surface area contributed by atoms with Gasteiger partial charge in [-0.15, -0.1) is 0 Å². The molecule has 0 aliphatic rings. The molecule has 0 aliphatic heterocycles. The number of amides is 1. The van der Waals surface area contributed by atoms with Gasteiger partial charge < -0.3 is 5.32 Å². The fraction of sp³-hybridized carbons (Fsp3) is 0.133. The second-order valence-electron chi connectivity index (χ2n) is 4.33. The summed E-state index contributed by atoms with van der Waals surface area (Å²) in [6.07, 6.45) is 0. The molecule has 0 saturated heterocycles. The predicted molar refractivity (Wildman–Crippen MR) is 84.2 cm³/mol. The van der Waals surface area contributed by atoms with Crippen LogP contribution in [0.25, 0.3) is 0 Å². The van der Waals surface area contributed by atoms with E-state index in [1.54, 1.807) is 12.1 Å². The fourth-order valence-corrected chi connectivity index (χ4v) is 3.09. The van der Waals surface area contributed by atoms with Crippen molar-refractivity contribution in [3.05, 3.63) is 68.1 Å². The highest BCUT2D eigenvalue weighted by molar-refractivity contribution is 9.11. The predicted octanol–water partition coefficient (Wildman–Crippen LogP) is 4.45. The third kappa shape index (κ3) is 4.18. The Bertz CT molecular complexity index is 591. The number of nitrogens with one attached hydrogen (secondary N) is 1. The molecule has 0 bridgehead atoms. The lowest BCUT2D eigenvalue weighted by atomic mass is 10.1. The Morgan fingerprint density at radius 1 is 1.11 bits per heavy atom. The lowest BCUT2D eigenvalue weighted by Crippen LogP contribution is -2.22. The Labute approximate surface area is 129 Å². The molecule has 98 valence electrons. The molecule has 1 amide bonds. The van der Waals surface area contributed by atoms with E-state index in [9.17, 15) is 4.79 Å². The van der Waals surface area contributed by atoms with Gasteiger partial charge >= 0.3 is 0 Å². The van der Waals surface area contributed by atoms with Crippen LogP contribution in [-0.4, -0.2) is 5.91 Å². The summed E-state index contributed by atoms with van der Waals surface area (Å²) in [5.41, 5.74) is 2.92. The van der Waals surface area contributed by atoms with Crippen LogP contribution in [0.4, 0.5) is 0 Å². The molecule has 2 rings (SSSR count). The van der Waals surface area contributed by atoms with Gasteiger partial charge in [0, 0.05) is 21.1 Å². The molecule has 0 fully saturated rings. The summed E-state index contributed by atoms with van der Waals surface area (Å²) in [5.74, 6) is -0.0801. The van der Waals surface area contributed by atoms with Crippen LogP contribution < -0.4 is 5.32 Å². The molecule has 0 unspecified atom stereocenters. The quantitative estimate of drug-likeness (QED) is 0.834. The van der Waals surface area contributed by atoms with Gasteiger partial charge in [0.2, 0.25) is 0 Å². The average molecular weight is 383 g/mol. The van der Waals surface area contributed by atoms with Gasteiger partial charge in [-0.25, -0.2) is 0 Å². The van der Waals surface area contributed by atoms with Crippen molar-refractivity contribution < 1.29 is 4.79 Å². The molecule has 1 N–H and O–H groups in total. The molecule has 0 saturated carbocycles. The van der Waals surface area contributed by atoms with E-state index in [4.69, 9.17) is 0 Å². The van der Waals surface area contributed by atoms with Crippen LogP contribution >= 0.6 is 31.9 Å². The van der Waals surface area contributed by atoms with Crippen molar-refractivity contribution in [2.75, 3.05) is 0 Å². The van der Waals surface area contributed by atoms with Gasteiger partial charge in [-0.2, -0.15) is 0 Å². The maximum Gasteiger partial charge on any atom is 0.251 e. The van der Waals surface area contributed by atoms with E-state index in [0.717, 1.165) is 14.5 Å². The molecule has 2 aromatic rings. The number of rotatable bonds is 3. The molecule has 0 aromatic heterocycles. The Morgan fingerprint density at radius 2 is 1.79 bits per heavy atom. The van der Waals surface area contributed by atoms with Crippen molar-refractivity contribution in [1.82, 2.24) is 5.32 Å². The summed E-state index contributed by atoms with van der Waals surface area (Å²) in [4.78, 5) is 12.1. The molecule has 0 spiro atoms. The number of aryl methyl sites for hydroxylation is 1. The molecule has 19 heavy (non-hydrogen) atoms. The first-order valence-corrected chi connectivity index (χ1v) is 7.43. The Morgan fingerprint density at radius 3 is 2.42 bits per heavy atom. The zero-order valence-corrected chi connectivity index (χ0v) is 13.6. The van der Waals surface area contributed by atoms with Crippen LogP contribution in [0.3, 0.4) is 0 Å². The average Bonchev–Trinajstić information content (AvgIpc) is 2.35. The van der Waals surface area contributed by atoms with Gasteiger partial charge in [-0.3, -0.25) is 4.79 Å². The third-order valence-corrected chi connectivity index (χ3v) is 3.58. The van der Waals surface area contributed by atoms with E-state index in [1.165, 1.54) is 5.56 Å². The fourth-order valence-electron chi connectivity index (χ4n) is 1.79. The highest BCUT2D eigenvalue weighted by Gasteiger charge is 2.07. The Kier molecular flexibility index (Phi) is 4.77. The molecule has 0 atom stereocenters. The SMILES string of the molecule is Cc1cccc(CNC(=O)c2cc(Br)cc(Br)c2)c1. The normalized spacial score (nSPS) is 10.3. The Hall–Kier alpha value is -1.13. The number of hydrogen-bond donors (Lipinski definition) is 1. The van der Waals surface area contributed by atoms with Gasteiger partial charge in [0.05, 0.1) is 0 Å². The zero-order chi connectivity index (χ0) is 13.8. The first-order chi connectivity index (χ1) is 9.04. The molecule has 0 radical (unpaired) electrons. The molecule has 4 heteroatoms. The topological polar surface area (TPSA) is 29.1 Å². The van der Waals surface area contributed by atoms with E-state index >= 15 is 0 Å². The molecule has 2 nitrogen and oxygen atoms in total. The van der Waals surface area contributed by atoms with E-state index in [1.807, 2.05) is 31.2 Å². The lowest BCUT2D eigenvalue weighted by Gasteiger charge is -2.07. The molecule has 0 heterocycles. The molecule has 0 aliphatic carbocycles. The maximum absolute atomic E-state index is 12.1. The van der Waals surface area contributed by atoms with Gasteiger partial charge in [0.1, 0.15) is 0 Å². The van der Waals surface area contributed by atoms with Gasteiger partial charge in [0.25, 0.3) is 5.91 Å². The standard InChI is InChI=1S/C15H13Br2NO/c1-10-3-2-4-11(5-10)9-18-15(19)12-6-13(16)8-14(17)7-12/h2-8H,9H2,1H3,(H,18,19). The number of carbonyl (C=O) groups excluding carboxylic acids is 1. The summed E-state index contributed by atoms with van der Waals surface area (Å²) in [6.45, 7) is 2.57. The summed E-state index contributed by atoms with van der Waals surface area (Å²) >= 11 is 6.75. The van der Waals surface area contributed by atoms with Gasteiger partial charge in [-0.05, 0) is 30.7 Å². The second kappa shape index (κ2) is 6.35. The summed E-state index contributed by atoms with van der Waals surface area (Å²) in [6, 6.07) is 13.6. The largest absolute Gasteiger partial charge is 0.348 e. The monoisotopic (exact) mass is 381 g/mol. The van der Waals surface area contributed by atoms with E-state index in [0.29, 0.717) is 12.1 Å². The van der Waals surface area contributed by atoms with Crippen molar-refractivity contribution in [1.29, 1.82) is 0 Å². The van der Waals surface area contributed by atoms with E-state index in [-0.39, 0.29) is 5.91 Å². The number of hydrogen-bond acceptors (Lipinski definition) is 1. The summed E-state index contributed by atoms with van der Waals surface area (Å²) < 4.78 is 1.75. The highest BCUT2D eigenvalue weighted by atomic mass is 79.9. The van der Waals surface area contributed by atoms with Crippen molar-refractivity contribution in [3.63, 3.8) is 0 Å². The minimum absolute atomic E-state index is 0.0801. The van der Waals surface area contributed by atoms with Crippen LogP contribution in [0.1, 0.15) is 21.5 Å². The number of benzene rings is 2. The van der Waals surface area contributed by atoms with Crippen molar-refractivity contribution in [2.45, 2.75) is 13.5 Å². The highest BCUT2D eigenvalue weighted by Crippen LogP contribution is 2.20. The summed E-state index contributed by atoms with van der Waals surface area (Å²) in [5, 5.41) is 2.92. The van der Waals surface area contributed by atoms with Crippen molar-refractivity contribution in [3.8, 4) is 0 Å². The van der Waals surface area contributed by atoms with Crippen LogP contribution in [0.2, 0.25) is 0 Å². The second-order valence-corrected chi connectivity index (χ2v) is 6.16. The zero-order valence-electron chi connectivity index (χ0n) is 10.4. The molecule has 2 aromatic carbocycles. The van der Waals surface area contributed by atoms with Crippen LogP contribution in [0.5, 0.6) is 0 Å². The van der Waals surface area contributed by atoms with Crippen LogP contribution in [0, 0.1) is 6.92 Å². The van der Waals surface area contributed by atoms with Crippen LogP contribution in [-0.2, 0) is 6.54 Å². The smallest absolute Gasteiger partial charge is 0.251 e. The molecular formula is C15H13Br2NO. The number of carbonyl (C=O) groups is 1. The van der Waals surface area contributed by atoms with Gasteiger partial charge in [0.15, 0.2) is 0 Å². The number of halogens is 2. The third-order valence-electron chi connectivity index (χ3n) is 2.66. The van der Waals surface area contributed by atoms with Crippen molar-refractivity contribution in [2.24, 2.45) is 0 Å². The van der Waals surface area contributed by atoms with Crippen LogP contribution in [0.15, 0.2) is 51.4 Å².